The third-order valence-corrected chi connectivity index (χ3v) is 6.11. The van der Waals surface area contributed by atoms with Crippen LogP contribution in [0.1, 0.15) is 22.8 Å². The molecule has 0 saturated carbocycles. The Morgan fingerprint density at radius 2 is 1.56 bits per heavy atom. The second-order valence-electron chi connectivity index (χ2n) is 7.63. The van der Waals surface area contributed by atoms with Crippen molar-refractivity contribution in [1.29, 1.82) is 0 Å². The number of anilines is 1. The Labute approximate surface area is 200 Å². The number of ketones is 1. The predicted molar refractivity (Wildman–Crippen MR) is 133 cm³/mol. The van der Waals surface area contributed by atoms with Gasteiger partial charge in [0, 0.05) is 22.1 Å². The van der Waals surface area contributed by atoms with Gasteiger partial charge in [-0.2, -0.15) is 20.3 Å². The topological polar surface area (TPSA) is 87.3 Å². The van der Waals surface area contributed by atoms with Gasteiger partial charge in [-0.3, -0.25) is 9.59 Å². The largest absolute Gasteiger partial charge is 0.289 e. The number of benzene rings is 3. The van der Waals surface area contributed by atoms with Crippen molar-refractivity contribution >= 4 is 39.6 Å². The quantitative estimate of drug-likeness (QED) is 0.262. The molecule has 1 aromatic heterocycles. The summed E-state index contributed by atoms with van der Waals surface area (Å²) in [4.78, 5) is 30.1. The molecule has 4 aromatic rings. The molecule has 0 N–H and O–H groups in total. The summed E-state index contributed by atoms with van der Waals surface area (Å²) in [5.74, 6) is -0.363. The summed E-state index contributed by atoms with van der Waals surface area (Å²) in [6.07, 6.45) is 0. The van der Waals surface area contributed by atoms with Gasteiger partial charge in [0.05, 0.1) is 17.1 Å². The van der Waals surface area contributed by atoms with Crippen LogP contribution in [0.2, 0.25) is 0 Å². The van der Waals surface area contributed by atoms with Crippen molar-refractivity contribution in [3.05, 3.63) is 101 Å². The number of hydrogen-bond acceptors (Lipinski definition) is 7. The van der Waals surface area contributed by atoms with Crippen LogP contribution >= 0.6 is 11.3 Å². The number of hydrogen-bond donors (Lipinski definition) is 0. The molecule has 0 fully saturated rings. The molecule has 2 heterocycles. The molecule has 0 unspecified atom stereocenters. The Morgan fingerprint density at radius 1 is 0.912 bits per heavy atom. The molecule has 7 nitrogen and oxygen atoms in total. The zero-order valence-electron chi connectivity index (χ0n) is 18.2. The van der Waals surface area contributed by atoms with Crippen molar-refractivity contribution in [2.45, 2.75) is 13.0 Å². The number of carbonyl (C=O) groups excluding carboxylic acids is 2. The molecule has 0 aliphatic carbocycles. The Bertz CT molecular complexity index is 1400. The molecular formula is C26H19N5O2S. The molecule has 1 atom stereocenters. The highest BCUT2D eigenvalue weighted by atomic mass is 32.1. The molecule has 0 bridgehead atoms. The van der Waals surface area contributed by atoms with E-state index in [4.69, 9.17) is 0 Å². The van der Waals surface area contributed by atoms with Gasteiger partial charge in [0.1, 0.15) is 0 Å². The zero-order chi connectivity index (χ0) is 23.5. The van der Waals surface area contributed by atoms with E-state index < -0.39 is 6.04 Å². The van der Waals surface area contributed by atoms with Gasteiger partial charge in [-0.25, -0.2) is 4.98 Å². The SMILES string of the molecule is CC1=NN(c2nc(-c3ccccc3)cs2)C(=O)[C@H]1N=Nc1ccc(C(=O)c2ccccc2)cc1. The fourth-order valence-corrected chi connectivity index (χ4v) is 4.28. The van der Waals surface area contributed by atoms with E-state index in [1.165, 1.54) is 16.3 Å². The first kappa shape index (κ1) is 21.5. The van der Waals surface area contributed by atoms with Gasteiger partial charge < -0.3 is 0 Å². The Morgan fingerprint density at radius 3 is 2.26 bits per heavy atom. The number of thiazole rings is 1. The summed E-state index contributed by atoms with van der Waals surface area (Å²) < 4.78 is 0. The predicted octanol–water partition coefficient (Wildman–Crippen LogP) is 5.92. The van der Waals surface area contributed by atoms with E-state index in [9.17, 15) is 9.59 Å². The number of hydrazone groups is 1. The second kappa shape index (κ2) is 9.29. The first-order chi connectivity index (χ1) is 16.6. The highest BCUT2D eigenvalue weighted by Gasteiger charge is 2.36. The van der Waals surface area contributed by atoms with Crippen molar-refractivity contribution in [2.24, 2.45) is 15.3 Å². The van der Waals surface area contributed by atoms with E-state index in [1.807, 2.05) is 53.9 Å². The molecule has 166 valence electrons. The number of amides is 1. The highest BCUT2D eigenvalue weighted by Crippen LogP contribution is 2.30. The average molecular weight is 466 g/mol. The average Bonchev–Trinajstić information content (AvgIpc) is 3.48. The Kier molecular flexibility index (Phi) is 5.88. The minimum absolute atomic E-state index is 0.0630. The third kappa shape index (κ3) is 4.31. The summed E-state index contributed by atoms with van der Waals surface area (Å²) >= 11 is 1.35. The first-order valence-electron chi connectivity index (χ1n) is 10.6. The van der Waals surface area contributed by atoms with E-state index in [0.29, 0.717) is 27.7 Å². The van der Waals surface area contributed by atoms with Crippen LogP contribution in [0.15, 0.2) is 106 Å². The van der Waals surface area contributed by atoms with E-state index in [0.717, 1.165) is 11.3 Å². The van der Waals surface area contributed by atoms with Crippen LogP contribution < -0.4 is 5.01 Å². The van der Waals surface area contributed by atoms with Crippen LogP contribution in [0, 0.1) is 0 Å². The maximum Gasteiger partial charge on any atom is 0.282 e. The van der Waals surface area contributed by atoms with Gasteiger partial charge in [0.15, 0.2) is 11.8 Å². The maximum absolute atomic E-state index is 13.0. The smallest absolute Gasteiger partial charge is 0.282 e. The van der Waals surface area contributed by atoms with Gasteiger partial charge in [0.25, 0.3) is 5.91 Å². The molecule has 5 rings (SSSR count). The lowest BCUT2D eigenvalue weighted by Gasteiger charge is -2.08. The molecule has 8 heteroatoms. The number of azo groups is 1. The van der Waals surface area contributed by atoms with Crippen molar-refractivity contribution in [3.8, 4) is 11.3 Å². The molecule has 0 radical (unpaired) electrons. The van der Waals surface area contributed by atoms with Gasteiger partial charge in [-0.1, -0.05) is 60.7 Å². The Hall–Kier alpha value is -4.30. The first-order valence-corrected chi connectivity index (χ1v) is 11.5. The molecule has 1 amide bonds. The number of carbonyl (C=O) groups is 2. The monoisotopic (exact) mass is 465 g/mol. The fraction of sp³-hybridized carbons (Fsp3) is 0.0769. The van der Waals surface area contributed by atoms with Gasteiger partial charge in [-0.15, -0.1) is 11.3 Å². The molecule has 1 aliphatic heterocycles. The van der Waals surface area contributed by atoms with Crippen molar-refractivity contribution in [1.82, 2.24) is 4.98 Å². The number of nitrogens with zero attached hydrogens (tertiary/aromatic N) is 5. The van der Waals surface area contributed by atoms with Crippen molar-refractivity contribution in [3.63, 3.8) is 0 Å². The van der Waals surface area contributed by atoms with Crippen LogP contribution in [-0.2, 0) is 4.79 Å². The number of aromatic nitrogens is 1. The van der Waals surface area contributed by atoms with Crippen LogP contribution in [0.3, 0.4) is 0 Å². The van der Waals surface area contributed by atoms with Crippen molar-refractivity contribution in [2.75, 3.05) is 5.01 Å². The lowest BCUT2D eigenvalue weighted by atomic mass is 10.0. The summed E-state index contributed by atoms with van der Waals surface area (Å²) in [7, 11) is 0. The third-order valence-electron chi connectivity index (χ3n) is 5.29. The molecule has 0 saturated heterocycles. The van der Waals surface area contributed by atoms with Gasteiger partial charge in [0.2, 0.25) is 5.13 Å². The number of rotatable bonds is 6. The van der Waals surface area contributed by atoms with Crippen LogP contribution in [-0.4, -0.2) is 28.4 Å². The van der Waals surface area contributed by atoms with E-state index >= 15 is 0 Å². The molecule has 0 spiro atoms. The zero-order valence-corrected chi connectivity index (χ0v) is 19.0. The summed E-state index contributed by atoms with van der Waals surface area (Å²) in [5.41, 5.74) is 4.03. The fourth-order valence-electron chi connectivity index (χ4n) is 3.49. The lowest BCUT2D eigenvalue weighted by molar-refractivity contribution is -0.117. The summed E-state index contributed by atoms with van der Waals surface area (Å²) in [6, 6.07) is 24.9. The minimum Gasteiger partial charge on any atom is -0.289 e. The molecule has 3 aromatic carbocycles. The summed E-state index contributed by atoms with van der Waals surface area (Å²) in [5, 5.41) is 16.5. The maximum atomic E-state index is 13.0. The summed E-state index contributed by atoms with van der Waals surface area (Å²) in [6.45, 7) is 1.74. The molecule has 34 heavy (non-hydrogen) atoms. The normalized spacial score (nSPS) is 15.7. The van der Waals surface area contributed by atoms with Gasteiger partial charge in [-0.05, 0) is 31.2 Å². The van der Waals surface area contributed by atoms with E-state index in [2.05, 4.69) is 20.3 Å². The second-order valence-corrected chi connectivity index (χ2v) is 8.47. The van der Waals surface area contributed by atoms with Crippen LogP contribution in [0.5, 0.6) is 0 Å². The van der Waals surface area contributed by atoms with E-state index in [-0.39, 0.29) is 11.7 Å². The highest BCUT2D eigenvalue weighted by molar-refractivity contribution is 7.14. The van der Waals surface area contributed by atoms with Gasteiger partial charge >= 0.3 is 0 Å². The Balaban J connectivity index is 1.29. The van der Waals surface area contributed by atoms with Crippen LogP contribution in [0.4, 0.5) is 10.8 Å². The minimum atomic E-state index is -0.810. The van der Waals surface area contributed by atoms with E-state index in [1.54, 1.807) is 43.3 Å². The van der Waals surface area contributed by atoms with Crippen molar-refractivity contribution < 1.29 is 9.59 Å². The molecular weight excluding hydrogens is 446 g/mol. The molecule has 1 aliphatic rings. The standard InChI is InChI=1S/C26H19N5O2S/c1-17-23(25(33)31(30-17)26-27-22(16-34-26)18-8-4-2-5-9-18)29-28-21-14-12-20(13-15-21)24(32)19-10-6-3-7-11-19/h2-16,23H,1H3/t23-/m0/s1. The lowest BCUT2D eigenvalue weighted by Crippen LogP contribution is -2.29. The van der Waals surface area contributed by atoms with Crippen LogP contribution in [0.25, 0.3) is 11.3 Å².